The number of fused-ring (bicyclic) bond motifs is 5. The van der Waals surface area contributed by atoms with Gasteiger partial charge in [0.25, 0.3) is 0 Å². The van der Waals surface area contributed by atoms with Gasteiger partial charge < -0.3 is 25.2 Å². The molecule has 0 unspecified atom stereocenters. The van der Waals surface area contributed by atoms with Gasteiger partial charge in [-0.3, -0.25) is 0 Å². The van der Waals surface area contributed by atoms with Gasteiger partial charge in [-0.05, 0) is 104 Å². The van der Waals surface area contributed by atoms with Gasteiger partial charge in [-0.25, -0.2) is 0 Å². The van der Waals surface area contributed by atoms with E-state index in [1.807, 2.05) is 0 Å². The maximum atomic E-state index is 11.2. The number of hydrogen-bond acceptors (Lipinski definition) is 5. The molecule has 0 aliphatic heterocycles. The van der Waals surface area contributed by atoms with Gasteiger partial charge in [0, 0.05) is 5.97 Å². The molecule has 0 spiro atoms. The molecule has 3 N–H and O–H groups in total. The third-order valence-electron chi connectivity index (χ3n) is 10.2. The molecule has 0 heterocycles. The van der Waals surface area contributed by atoms with Crippen LogP contribution in [0.25, 0.3) is 0 Å². The van der Waals surface area contributed by atoms with Crippen LogP contribution in [0, 0.1) is 46.3 Å². The second-order valence-corrected chi connectivity index (χ2v) is 11.5. The Morgan fingerprint density at radius 1 is 1.00 bits per heavy atom. The Labute approximate surface area is 203 Å². The first-order valence-corrected chi connectivity index (χ1v) is 11.8. The van der Waals surface area contributed by atoms with Crippen LogP contribution in [0.15, 0.2) is 0 Å². The van der Waals surface area contributed by atoms with E-state index in [2.05, 4.69) is 20.8 Å². The number of aliphatic hydroxyl groups is 3. The van der Waals surface area contributed by atoms with Crippen LogP contribution in [-0.2, 0) is 4.79 Å². The summed E-state index contributed by atoms with van der Waals surface area (Å²) < 4.78 is 0. The molecule has 4 aliphatic rings. The zero-order valence-electron chi connectivity index (χ0n) is 19.2. The fraction of sp³-hybridized carbons (Fsp3) is 0.958. The molecule has 4 aliphatic carbocycles. The molecular weight excluding hydrogens is 391 g/mol. The van der Waals surface area contributed by atoms with E-state index in [9.17, 15) is 25.2 Å². The largest absolute Gasteiger partial charge is 1.00 e. The van der Waals surface area contributed by atoms with Crippen LogP contribution in [0.3, 0.4) is 0 Å². The Balaban J connectivity index is 0.00000256. The third-order valence-corrected chi connectivity index (χ3v) is 10.2. The van der Waals surface area contributed by atoms with Crippen molar-refractivity contribution < 1.29 is 54.8 Å². The number of rotatable bonds is 4. The minimum atomic E-state index is -1.02. The van der Waals surface area contributed by atoms with Crippen LogP contribution in [-0.4, -0.2) is 39.6 Å². The molecule has 0 saturated heterocycles. The van der Waals surface area contributed by atoms with E-state index in [4.69, 9.17) is 0 Å². The molecule has 0 aromatic carbocycles. The summed E-state index contributed by atoms with van der Waals surface area (Å²) in [5.41, 5.74) is 0.123. The average molecular weight is 431 g/mol. The molecule has 0 bridgehead atoms. The Bertz CT molecular complexity index is 643. The topological polar surface area (TPSA) is 101 Å². The summed E-state index contributed by atoms with van der Waals surface area (Å²) in [5, 5.41) is 43.5. The van der Waals surface area contributed by atoms with Crippen molar-refractivity contribution in [3.05, 3.63) is 0 Å². The summed E-state index contributed by atoms with van der Waals surface area (Å²) in [6, 6.07) is 0. The van der Waals surface area contributed by atoms with Crippen LogP contribution in [0.1, 0.15) is 78.6 Å². The summed E-state index contributed by atoms with van der Waals surface area (Å²) in [6.45, 7) is 6.75. The molecule has 11 atom stereocenters. The molecular formula is C24H39NaO5. The van der Waals surface area contributed by atoms with Crippen molar-refractivity contribution in [3.8, 4) is 0 Å². The average Bonchev–Trinajstić information content (AvgIpc) is 2.91. The molecule has 0 amide bonds. The molecule has 0 aromatic heterocycles. The normalized spacial score (nSPS) is 51.1. The van der Waals surface area contributed by atoms with Gasteiger partial charge in [-0.15, -0.1) is 0 Å². The minimum Gasteiger partial charge on any atom is -0.550 e. The number of carbonyl (C=O) groups excluding carboxylic acids is 1. The van der Waals surface area contributed by atoms with Crippen LogP contribution < -0.4 is 34.7 Å². The molecule has 4 fully saturated rings. The zero-order valence-corrected chi connectivity index (χ0v) is 21.2. The second kappa shape index (κ2) is 8.95. The van der Waals surface area contributed by atoms with E-state index >= 15 is 0 Å². The summed E-state index contributed by atoms with van der Waals surface area (Å²) in [6.07, 6.45) is 5.86. The molecule has 30 heavy (non-hydrogen) atoms. The number of carboxylic acids is 1. The van der Waals surface area contributed by atoms with Crippen LogP contribution in [0.5, 0.6) is 0 Å². The smallest absolute Gasteiger partial charge is 0.550 e. The van der Waals surface area contributed by atoms with Crippen molar-refractivity contribution >= 4 is 5.97 Å². The first kappa shape index (κ1) is 25.0. The van der Waals surface area contributed by atoms with E-state index < -0.39 is 12.1 Å². The van der Waals surface area contributed by atoms with Gasteiger partial charge in [-0.2, -0.15) is 0 Å². The van der Waals surface area contributed by atoms with Crippen molar-refractivity contribution in [2.75, 3.05) is 0 Å². The summed E-state index contributed by atoms with van der Waals surface area (Å²) in [5.74, 6) is 0.518. The van der Waals surface area contributed by atoms with E-state index in [0.717, 1.165) is 44.9 Å². The van der Waals surface area contributed by atoms with Crippen molar-refractivity contribution in [2.24, 2.45) is 46.3 Å². The number of aliphatic hydroxyl groups excluding tert-OH is 3. The zero-order chi connectivity index (χ0) is 21.1. The summed E-state index contributed by atoms with van der Waals surface area (Å²) >= 11 is 0. The standard InChI is InChI=1S/C24H40O5.Na/c1-13(4-5-20(28)29)22-19(27)12-17-21-16(7-9-24(17,22)3)23(2)8-6-15(25)10-14(23)11-18(21)26;/h13-19,21-22,25-27H,4-12H2,1-3H3,(H,28,29);/q;+1/p-1/t13-,14+,15-,16+,17+,18-,19+,21-,22+,23+,24+;/m1./s1. The van der Waals surface area contributed by atoms with Crippen LogP contribution in [0.4, 0.5) is 0 Å². The Hall–Kier alpha value is 0.350. The quantitative estimate of drug-likeness (QED) is 0.503. The molecule has 4 saturated carbocycles. The van der Waals surface area contributed by atoms with Gasteiger partial charge in [0.05, 0.1) is 18.3 Å². The monoisotopic (exact) mass is 430 g/mol. The number of aliphatic carboxylic acids is 1. The SMILES string of the molecule is C[C@H](CCC(=O)[O-])[C@H]1[C@@H](O)C[C@H]2[C@@H]3[C@H](O)C[C@@H]4C[C@H](O)CC[C@]4(C)[C@H]3CC[C@]12C.[Na+]. The van der Waals surface area contributed by atoms with Crippen molar-refractivity contribution in [3.63, 3.8) is 0 Å². The van der Waals surface area contributed by atoms with E-state index in [1.54, 1.807) is 0 Å². The predicted octanol–water partition coefficient (Wildman–Crippen LogP) is -0.882. The maximum Gasteiger partial charge on any atom is 1.00 e. The first-order chi connectivity index (χ1) is 13.6. The molecule has 4 rings (SSSR count). The van der Waals surface area contributed by atoms with Crippen molar-refractivity contribution in [2.45, 2.75) is 96.9 Å². The fourth-order valence-corrected chi connectivity index (χ4v) is 8.81. The predicted molar refractivity (Wildman–Crippen MR) is 107 cm³/mol. The molecule has 0 radical (unpaired) electrons. The van der Waals surface area contributed by atoms with Crippen molar-refractivity contribution in [1.82, 2.24) is 0 Å². The second-order valence-electron chi connectivity index (χ2n) is 11.5. The van der Waals surface area contributed by atoms with E-state index in [1.165, 1.54) is 0 Å². The van der Waals surface area contributed by atoms with Gasteiger partial charge in [0.1, 0.15) is 0 Å². The van der Waals surface area contributed by atoms with E-state index in [0.29, 0.717) is 18.3 Å². The molecule has 6 heteroatoms. The number of carboxylic acid groups (broad SMARTS) is 1. The van der Waals surface area contributed by atoms with Crippen LogP contribution in [0.2, 0.25) is 0 Å². The molecule has 5 nitrogen and oxygen atoms in total. The van der Waals surface area contributed by atoms with Gasteiger partial charge in [-0.1, -0.05) is 20.8 Å². The number of carbonyl (C=O) groups is 1. The molecule has 0 aromatic rings. The third kappa shape index (κ3) is 3.94. The minimum absolute atomic E-state index is 0. The van der Waals surface area contributed by atoms with Gasteiger partial charge in [0.2, 0.25) is 0 Å². The maximum absolute atomic E-state index is 11.2. The van der Waals surface area contributed by atoms with Crippen molar-refractivity contribution in [1.29, 1.82) is 0 Å². The first-order valence-electron chi connectivity index (χ1n) is 11.8. The van der Waals surface area contributed by atoms with E-state index in [-0.39, 0.29) is 82.7 Å². The molecule has 166 valence electrons. The Morgan fingerprint density at radius 3 is 2.33 bits per heavy atom. The summed E-state index contributed by atoms with van der Waals surface area (Å²) in [4.78, 5) is 11.0. The summed E-state index contributed by atoms with van der Waals surface area (Å²) in [7, 11) is 0. The van der Waals surface area contributed by atoms with Crippen LogP contribution >= 0.6 is 0 Å². The Morgan fingerprint density at radius 2 is 1.67 bits per heavy atom. The van der Waals surface area contributed by atoms with Gasteiger partial charge >= 0.3 is 29.6 Å². The Kier molecular flexibility index (Phi) is 7.45. The fourth-order valence-electron chi connectivity index (χ4n) is 8.81. The number of hydrogen-bond donors (Lipinski definition) is 3. The van der Waals surface area contributed by atoms with Gasteiger partial charge in [0.15, 0.2) is 0 Å².